The van der Waals surface area contributed by atoms with Crippen LogP contribution in [0.1, 0.15) is 20.7 Å². The Morgan fingerprint density at radius 2 is 1.71 bits per heavy atom. The highest BCUT2D eigenvalue weighted by Crippen LogP contribution is 2.34. The van der Waals surface area contributed by atoms with E-state index in [1.807, 2.05) is 0 Å². The van der Waals surface area contributed by atoms with Gasteiger partial charge in [-0.25, -0.2) is 9.59 Å². The second kappa shape index (κ2) is 5.50. The number of methoxy groups -OCH3 is 2. The topological polar surface area (TPSA) is 78.6 Å². The highest BCUT2D eigenvalue weighted by molar-refractivity contribution is 9.11. The van der Waals surface area contributed by atoms with Crippen molar-refractivity contribution in [1.29, 1.82) is 0 Å². The Bertz CT molecular complexity index is 488. The number of nitrogen functional groups attached to an aromatic ring is 1. The zero-order valence-electron chi connectivity index (χ0n) is 9.04. The van der Waals surface area contributed by atoms with E-state index < -0.39 is 11.9 Å². The molecule has 0 spiro atoms. The van der Waals surface area contributed by atoms with Crippen molar-refractivity contribution in [1.82, 2.24) is 0 Å². The van der Waals surface area contributed by atoms with Crippen LogP contribution < -0.4 is 5.73 Å². The van der Waals surface area contributed by atoms with Crippen LogP contribution >= 0.6 is 31.9 Å². The molecule has 0 heterocycles. The number of carbonyl (C=O) groups is 2. The minimum absolute atomic E-state index is 0.125. The summed E-state index contributed by atoms with van der Waals surface area (Å²) in [6.45, 7) is 0. The first-order valence-electron chi connectivity index (χ1n) is 4.38. The van der Waals surface area contributed by atoms with Crippen LogP contribution in [0.5, 0.6) is 0 Å². The molecule has 1 aromatic rings. The van der Waals surface area contributed by atoms with Crippen LogP contribution in [0.25, 0.3) is 0 Å². The van der Waals surface area contributed by atoms with Crippen molar-refractivity contribution in [3.63, 3.8) is 0 Å². The molecule has 17 heavy (non-hydrogen) atoms. The molecule has 0 saturated heterocycles. The lowest BCUT2D eigenvalue weighted by Gasteiger charge is -2.11. The highest BCUT2D eigenvalue weighted by atomic mass is 79.9. The van der Waals surface area contributed by atoms with Gasteiger partial charge in [0.2, 0.25) is 0 Å². The molecule has 2 N–H and O–H groups in total. The summed E-state index contributed by atoms with van der Waals surface area (Å²) in [4.78, 5) is 22.9. The number of halogens is 2. The Labute approximate surface area is 115 Å². The maximum absolute atomic E-state index is 11.5. The lowest BCUT2D eigenvalue weighted by molar-refractivity contribution is 0.0586. The number of anilines is 1. The third-order valence-electron chi connectivity index (χ3n) is 2.05. The van der Waals surface area contributed by atoms with E-state index in [0.29, 0.717) is 8.95 Å². The summed E-state index contributed by atoms with van der Waals surface area (Å²) < 4.78 is 9.87. The van der Waals surface area contributed by atoms with Crippen LogP contribution in [0.4, 0.5) is 5.69 Å². The van der Waals surface area contributed by atoms with Crippen LogP contribution in [0.15, 0.2) is 15.0 Å². The molecular formula is C10H9Br2NO4. The first kappa shape index (κ1) is 14.0. The molecule has 92 valence electrons. The summed E-state index contributed by atoms with van der Waals surface area (Å²) >= 11 is 6.33. The predicted molar refractivity (Wildman–Crippen MR) is 68.9 cm³/mol. The monoisotopic (exact) mass is 365 g/mol. The summed E-state index contributed by atoms with van der Waals surface area (Å²) in [7, 11) is 2.50. The van der Waals surface area contributed by atoms with E-state index >= 15 is 0 Å². The molecule has 7 heteroatoms. The maximum Gasteiger partial charge on any atom is 0.340 e. The number of benzene rings is 1. The Morgan fingerprint density at radius 3 is 2.18 bits per heavy atom. The quantitative estimate of drug-likeness (QED) is 0.642. The fourth-order valence-corrected chi connectivity index (χ4v) is 2.65. The van der Waals surface area contributed by atoms with E-state index in [0.717, 1.165) is 0 Å². The number of ether oxygens (including phenoxy) is 2. The molecular weight excluding hydrogens is 358 g/mol. The van der Waals surface area contributed by atoms with Gasteiger partial charge in [-0.05, 0) is 37.9 Å². The lowest BCUT2D eigenvalue weighted by atomic mass is 10.1. The van der Waals surface area contributed by atoms with E-state index in [2.05, 4.69) is 41.3 Å². The van der Waals surface area contributed by atoms with Crippen LogP contribution in [0, 0.1) is 0 Å². The average molecular weight is 367 g/mol. The van der Waals surface area contributed by atoms with Gasteiger partial charge in [0.25, 0.3) is 0 Å². The van der Waals surface area contributed by atoms with Gasteiger partial charge in [0.15, 0.2) is 0 Å². The Balaban J connectivity index is 3.47. The van der Waals surface area contributed by atoms with Crippen molar-refractivity contribution in [2.45, 2.75) is 0 Å². The van der Waals surface area contributed by atoms with Gasteiger partial charge < -0.3 is 15.2 Å². The van der Waals surface area contributed by atoms with Gasteiger partial charge in [-0.3, -0.25) is 0 Å². The molecule has 5 nitrogen and oxygen atoms in total. The molecule has 0 saturated carbocycles. The third kappa shape index (κ3) is 2.61. The molecule has 1 rings (SSSR count). The van der Waals surface area contributed by atoms with Gasteiger partial charge in [0, 0.05) is 4.47 Å². The van der Waals surface area contributed by atoms with Gasteiger partial charge in [-0.1, -0.05) is 0 Å². The largest absolute Gasteiger partial charge is 0.465 e. The number of rotatable bonds is 2. The van der Waals surface area contributed by atoms with Gasteiger partial charge in [0.05, 0.1) is 35.5 Å². The second-order valence-corrected chi connectivity index (χ2v) is 4.64. The summed E-state index contributed by atoms with van der Waals surface area (Å²) in [6, 6.07) is 1.41. The molecule has 0 radical (unpaired) electrons. The fourth-order valence-electron chi connectivity index (χ4n) is 1.20. The van der Waals surface area contributed by atoms with E-state index in [1.54, 1.807) is 0 Å². The van der Waals surface area contributed by atoms with Gasteiger partial charge in [-0.15, -0.1) is 0 Å². The molecule has 0 aliphatic carbocycles. The highest BCUT2D eigenvalue weighted by Gasteiger charge is 2.22. The van der Waals surface area contributed by atoms with Crippen molar-refractivity contribution in [2.75, 3.05) is 20.0 Å². The van der Waals surface area contributed by atoms with Crippen molar-refractivity contribution in [3.05, 3.63) is 26.1 Å². The zero-order valence-corrected chi connectivity index (χ0v) is 12.2. The molecule has 0 fully saturated rings. The molecule has 0 aromatic heterocycles. The smallest absolute Gasteiger partial charge is 0.340 e. The molecule has 0 amide bonds. The van der Waals surface area contributed by atoms with Gasteiger partial charge >= 0.3 is 11.9 Å². The van der Waals surface area contributed by atoms with Crippen LogP contribution in [0.3, 0.4) is 0 Å². The number of nitrogens with two attached hydrogens (primary N) is 1. The van der Waals surface area contributed by atoms with Crippen molar-refractivity contribution in [2.24, 2.45) is 0 Å². The third-order valence-corrected chi connectivity index (χ3v) is 3.50. The SMILES string of the molecule is COC(=O)c1cc(Br)c(C(=O)OC)c(Br)c1N. The summed E-state index contributed by atoms with van der Waals surface area (Å²) in [5.41, 5.74) is 6.26. The number of hydrogen-bond acceptors (Lipinski definition) is 5. The van der Waals surface area contributed by atoms with E-state index in [4.69, 9.17) is 5.73 Å². The Morgan fingerprint density at radius 1 is 1.18 bits per heavy atom. The molecule has 1 aromatic carbocycles. The molecule has 0 aliphatic rings. The van der Waals surface area contributed by atoms with Crippen LogP contribution in [-0.2, 0) is 9.47 Å². The van der Waals surface area contributed by atoms with Gasteiger partial charge in [-0.2, -0.15) is 0 Å². The minimum Gasteiger partial charge on any atom is -0.465 e. The molecule has 0 unspecified atom stereocenters. The Hall–Kier alpha value is -1.08. The molecule has 0 bridgehead atoms. The minimum atomic E-state index is -0.583. The van der Waals surface area contributed by atoms with E-state index in [1.165, 1.54) is 20.3 Å². The van der Waals surface area contributed by atoms with E-state index in [-0.39, 0.29) is 16.8 Å². The summed E-state index contributed by atoms with van der Waals surface area (Å²) in [6.07, 6.45) is 0. The van der Waals surface area contributed by atoms with E-state index in [9.17, 15) is 9.59 Å². The number of hydrogen-bond donors (Lipinski definition) is 1. The fraction of sp³-hybridized carbons (Fsp3) is 0.200. The zero-order chi connectivity index (χ0) is 13.2. The second-order valence-electron chi connectivity index (χ2n) is 2.99. The van der Waals surface area contributed by atoms with Crippen molar-refractivity contribution in [3.8, 4) is 0 Å². The first-order valence-corrected chi connectivity index (χ1v) is 5.96. The lowest BCUT2D eigenvalue weighted by Crippen LogP contribution is -2.11. The summed E-state index contributed by atoms with van der Waals surface area (Å²) in [5, 5.41) is 0. The number of esters is 2. The number of carbonyl (C=O) groups excluding carboxylic acids is 2. The Kier molecular flexibility index (Phi) is 4.53. The molecule has 0 aliphatic heterocycles. The molecule has 0 atom stereocenters. The van der Waals surface area contributed by atoms with Crippen LogP contribution in [0.2, 0.25) is 0 Å². The maximum atomic E-state index is 11.5. The summed E-state index contributed by atoms with van der Waals surface area (Å²) in [5.74, 6) is -1.15. The van der Waals surface area contributed by atoms with Crippen LogP contribution in [-0.4, -0.2) is 26.2 Å². The van der Waals surface area contributed by atoms with Gasteiger partial charge in [0.1, 0.15) is 0 Å². The first-order chi connectivity index (χ1) is 7.93. The predicted octanol–water partition coefficient (Wildman–Crippen LogP) is 2.37. The van der Waals surface area contributed by atoms with Crippen molar-refractivity contribution < 1.29 is 19.1 Å². The van der Waals surface area contributed by atoms with Crippen molar-refractivity contribution >= 4 is 49.5 Å². The normalized spacial score (nSPS) is 9.88. The average Bonchev–Trinajstić information content (AvgIpc) is 2.32. The standard InChI is InChI=1S/C10H9Br2NO4/c1-16-9(14)4-3-5(11)6(10(15)17-2)7(12)8(4)13/h3H,13H2,1-2H3.